The fourth-order valence-corrected chi connectivity index (χ4v) is 3.70. The van der Waals surface area contributed by atoms with Gasteiger partial charge in [-0.1, -0.05) is 0 Å². The topological polar surface area (TPSA) is 96.3 Å². The molecule has 0 bridgehead atoms. The van der Waals surface area contributed by atoms with Crippen molar-refractivity contribution in [3.05, 3.63) is 29.3 Å². The quantitative estimate of drug-likeness (QED) is 0.851. The number of nitrogens with one attached hydrogen (secondary N) is 1. The Hall–Kier alpha value is -2.12. The minimum absolute atomic E-state index is 0.144. The number of ether oxygens (including phenoxy) is 1. The summed E-state index contributed by atoms with van der Waals surface area (Å²) in [7, 11) is -4.71. The van der Waals surface area contributed by atoms with Gasteiger partial charge in [-0.15, -0.1) is 0 Å². The first-order valence-electron chi connectivity index (χ1n) is 7.42. The summed E-state index contributed by atoms with van der Waals surface area (Å²) < 4.78 is 70.5. The van der Waals surface area contributed by atoms with Gasteiger partial charge in [-0.05, 0) is 37.5 Å². The summed E-state index contributed by atoms with van der Waals surface area (Å²) in [5.74, 6) is -0.909. The summed E-state index contributed by atoms with van der Waals surface area (Å²) in [6, 6.07) is 3.56. The number of carbonyl (C=O) groups is 1. The van der Waals surface area contributed by atoms with Crippen LogP contribution in [0.3, 0.4) is 0 Å². The third-order valence-corrected chi connectivity index (χ3v) is 5.10. The molecule has 1 N–H and O–H groups in total. The summed E-state index contributed by atoms with van der Waals surface area (Å²) >= 11 is 0. The highest BCUT2D eigenvalue weighted by atomic mass is 32.2. The maximum Gasteiger partial charge on any atom is 0.417 e. The minimum Gasteiger partial charge on any atom is -0.378 e. The van der Waals surface area contributed by atoms with Crippen molar-refractivity contribution in [2.45, 2.75) is 42.9 Å². The molecule has 6 nitrogen and oxygen atoms in total. The first-order valence-corrected chi connectivity index (χ1v) is 8.90. The van der Waals surface area contributed by atoms with E-state index in [0.717, 1.165) is 18.9 Å². The molecule has 2 rings (SSSR count). The van der Waals surface area contributed by atoms with Crippen LogP contribution in [0.15, 0.2) is 23.1 Å². The highest BCUT2D eigenvalue weighted by Gasteiger charge is 2.38. The molecule has 1 aromatic carbocycles. The Bertz CT molecular complexity index is 794. The van der Waals surface area contributed by atoms with E-state index in [-0.39, 0.29) is 18.1 Å². The molecule has 136 valence electrons. The zero-order valence-corrected chi connectivity index (χ0v) is 13.8. The number of hydrogen-bond donors (Lipinski definition) is 1. The molecule has 1 aliphatic rings. The van der Waals surface area contributed by atoms with Crippen molar-refractivity contribution < 1.29 is 31.1 Å². The smallest absolute Gasteiger partial charge is 0.378 e. The fraction of sp³-hybridized carbons (Fsp3) is 0.467. The number of nitriles is 1. The minimum atomic E-state index is -4.99. The van der Waals surface area contributed by atoms with Gasteiger partial charge in [0.1, 0.15) is 0 Å². The van der Waals surface area contributed by atoms with E-state index < -0.39 is 32.6 Å². The Morgan fingerprint density at radius 3 is 2.68 bits per heavy atom. The Kier molecular flexibility index (Phi) is 5.69. The third kappa shape index (κ3) is 4.93. The van der Waals surface area contributed by atoms with Gasteiger partial charge in [0.25, 0.3) is 10.0 Å². The molecule has 1 aromatic rings. The molecular formula is C15H15F3N2O4S. The summed E-state index contributed by atoms with van der Waals surface area (Å²) in [5.41, 5.74) is -1.83. The number of amides is 1. The molecule has 1 fully saturated rings. The van der Waals surface area contributed by atoms with Gasteiger partial charge in [0.2, 0.25) is 5.91 Å². The van der Waals surface area contributed by atoms with Crippen molar-refractivity contribution in [3.63, 3.8) is 0 Å². The standard InChI is InChI=1S/C15H15F3N2O4S/c16-15(17,18)12-8-10(9-19)3-5-13(12)25(22,23)20-14(21)6-4-11-2-1-7-24-11/h3,5,8,11H,1-2,4,6-7H2,(H,20,21)/t11-/m0/s1. The van der Waals surface area contributed by atoms with Crippen LogP contribution in [0.25, 0.3) is 0 Å². The van der Waals surface area contributed by atoms with Crippen LogP contribution < -0.4 is 4.72 Å². The van der Waals surface area contributed by atoms with Crippen molar-refractivity contribution in [1.82, 2.24) is 4.72 Å². The Morgan fingerprint density at radius 2 is 2.12 bits per heavy atom. The van der Waals surface area contributed by atoms with Crippen molar-refractivity contribution in [3.8, 4) is 6.07 Å². The van der Waals surface area contributed by atoms with Gasteiger partial charge < -0.3 is 4.74 Å². The molecule has 0 radical (unpaired) electrons. The number of halogens is 3. The molecule has 1 aliphatic heterocycles. The molecule has 0 spiro atoms. The number of sulfonamides is 1. The van der Waals surface area contributed by atoms with E-state index in [1.807, 2.05) is 0 Å². The predicted octanol–water partition coefficient (Wildman–Crippen LogP) is 2.34. The number of benzene rings is 1. The number of nitrogens with zero attached hydrogens (tertiary/aromatic N) is 1. The van der Waals surface area contributed by atoms with Crippen LogP contribution in [0.5, 0.6) is 0 Å². The Morgan fingerprint density at radius 1 is 1.40 bits per heavy atom. The first kappa shape index (κ1) is 19.2. The van der Waals surface area contributed by atoms with E-state index in [1.54, 1.807) is 4.72 Å². The van der Waals surface area contributed by atoms with Crippen molar-refractivity contribution in [2.24, 2.45) is 0 Å². The normalized spacial score (nSPS) is 17.9. The highest BCUT2D eigenvalue weighted by Crippen LogP contribution is 2.34. The molecule has 0 saturated carbocycles. The second-order valence-corrected chi connectivity index (χ2v) is 7.17. The lowest BCUT2D eigenvalue weighted by Gasteiger charge is -2.14. The molecule has 25 heavy (non-hydrogen) atoms. The van der Waals surface area contributed by atoms with Crippen LogP contribution in [0, 0.1) is 11.3 Å². The monoisotopic (exact) mass is 376 g/mol. The first-order chi connectivity index (χ1) is 11.6. The van der Waals surface area contributed by atoms with E-state index in [1.165, 1.54) is 6.07 Å². The lowest BCUT2D eigenvalue weighted by Crippen LogP contribution is -2.32. The summed E-state index contributed by atoms with van der Waals surface area (Å²) in [6.07, 6.45) is -3.41. The Balaban J connectivity index is 2.18. The number of rotatable bonds is 5. The van der Waals surface area contributed by atoms with Crippen LogP contribution in [-0.2, 0) is 25.7 Å². The second kappa shape index (κ2) is 7.41. The molecule has 1 amide bonds. The van der Waals surface area contributed by atoms with Gasteiger partial charge >= 0.3 is 6.18 Å². The zero-order valence-electron chi connectivity index (χ0n) is 13.0. The van der Waals surface area contributed by atoms with Crippen LogP contribution in [-0.4, -0.2) is 27.0 Å². The highest BCUT2D eigenvalue weighted by molar-refractivity contribution is 7.90. The molecular weight excluding hydrogens is 361 g/mol. The Labute approximate surface area is 142 Å². The van der Waals surface area contributed by atoms with E-state index >= 15 is 0 Å². The van der Waals surface area contributed by atoms with Gasteiger partial charge in [-0.2, -0.15) is 18.4 Å². The van der Waals surface area contributed by atoms with Crippen LogP contribution in [0.2, 0.25) is 0 Å². The molecule has 1 saturated heterocycles. The van der Waals surface area contributed by atoms with Crippen LogP contribution in [0.4, 0.5) is 13.2 Å². The van der Waals surface area contributed by atoms with Gasteiger partial charge in [-0.3, -0.25) is 4.79 Å². The van der Waals surface area contributed by atoms with Crippen LogP contribution >= 0.6 is 0 Å². The van der Waals surface area contributed by atoms with Crippen molar-refractivity contribution in [1.29, 1.82) is 5.26 Å². The SMILES string of the molecule is N#Cc1ccc(S(=O)(=O)NC(=O)CC[C@@H]2CCCO2)c(C(F)(F)F)c1. The van der Waals surface area contributed by atoms with E-state index in [2.05, 4.69) is 0 Å². The largest absolute Gasteiger partial charge is 0.417 e. The maximum atomic E-state index is 13.1. The van der Waals surface area contributed by atoms with Gasteiger partial charge in [0.05, 0.1) is 28.2 Å². The number of hydrogen-bond acceptors (Lipinski definition) is 5. The van der Waals surface area contributed by atoms with E-state index in [9.17, 15) is 26.4 Å². The molecule has 0 aromatic heterocycles. The van der Waals surface area contributed by atoms with Gasteiger partial charge in [-0.25, -0.2) is 13.1 Å². The fourth-order valence-electron chi connectivity index (χ4n) is 2.48. The average Bonchev–Trinajstić information content (AvgIpc) is 3.04. The average molecular weight is 376 g/mol. The number of alkyl halides is 3. The van der Waals surface area contributed by atoms with Crippen molar-refractivity contribution >= 4 is 15.9 Å². The predicted molar refractivity (Wildman–Crippen MR) is 79.7 cm³/mol. The van der Waals surface area contributed by atoms with Gasteiger partial charge in [0, 0.05) is 13.0 Å². The molecule has 0 aliphatic carbocycles. The van der Waals surface area contributed by atoms with E-state index in [0.29, 0.717) is 25.2 Å². The zero-order chi connectivity index (χ0) is 18.7. The molecule has 1 heterocycles. The lowest BCUT2D eigenvalue weighted by molar-refractivity contribution is -0.140. The van der Waals surface area contributed by atoms with E-state index in [4.69, 9.17) is 10.00 Å². The number of carbonyl (C=O) groups excluding carboxylic acids is 1. The molecule has 10 heteroatoms. The van der Waals surface area contributed by atoms with Crippen LogP contribution in [0.1, 0.15) is 36.8 Å². The molecule has 0 unspecified atom stereocenters. The molecule has 1 atom stereocenters. The van der Waals surface area contributed by atoms with Gasteiger partial charge in [0.15, 0.2) is 0 Å². The summed E-state index contributed by atoms with van der Waals surface area (Å²) in [4.78, 5) is 10.7. The third-order valence-electron chi connectivity index (χ3n) is 3.67. The maximum absolute atomic E-state index is 13.1. The second-order valence-electron chi connectivity index (χ2n) is 5.52. The summed E-state index contributed by atoms with van der Waals surface area (Å²) in [5, 5.41) is 8.69. The summed E-state index contributed by atoms with van der Waals surface area (Å²) in [6.45, 7) is 0.574. The van der Waals surface area contributed by atoms with Crippen molar-refractivity contribution in [2.75, 3.05) is 6.61 Å². The lowest BCUT2D eigenvalue weighted by atomic mass is 10.1.